The van der Waals surface area contributed by atoms with Gasteiger partial charge in [0.15, 0.2) is 6.61 Å². The van der Waals surface area contributed by atoms with Crippen molar-refractivity contribution in [3.05, 3.63) is 70.8 Å². The van der Waals surface area contributed by atoms with E-state index in [1.54, 1.807) is 6.08 Å². The molecule has 2 heterocycles. The average Bonchev–Trinajstić information content (AvgIpc) is 3.02. The summed E-state index contributed by atoms with van der Waals surface area (Å²) in [5.74, 6) is 0.265. The van der Waals surface area contributed by atoms with E-state index in [1.807, 2.05) is 12.1 Å². The van der Waals surface area contributed by atoms with Crippen molar-refractivity contribution in [3.8, 4) is 5.75 Å². The Balaban J connectivity index is 1.62. The molecule has 1 aromatic heterocycles. The van der Waals surface area contributed by atoms with Gasteiger partial charge in [0.2, 0.25) is 11.2 Å². The van der Waals surface area contributed by atoms with Crippen LogP contribution in [-0.4, -0.2) is 25.6 Å². The molecule has 0 spiro atoms. The Bertz CT molecular complexity index is 828. The highest BCUT2D eigenvalue weighted by Crippen LogP contribution is 2.28. The van der Waals surface area contributed by atoms with Crippen LogP contribution in [0.5, 0.6) is 5.75 Å². The molecule has 3 rings (SSSR count). The number of para-hydroxylation sites is 1. The molecule has 0 saturated carbocycles. The van der Waals surface area contributed by atoms with E-state index in [1.165, 1.54) is 23.6 Å². The number of amides is 1. The topological polar surface area (TPSA) is 71.8 Å². The molecule has 1 aromatic carbocycles. The molecule has 0 atom stereocenters. The van der Waals surface area contributed by atoms with Gasteiger partial charge in [-0.2, -0.15) is 0 Å². The van der Waals surface area contributed by atoms with Gasteiger partial charge in [-0.3, -0.25) is 9.59 Å². The van der Waals surface area contributed by atoms with Crippen LogP contribution in [0.15, 0.2) is 58.5 Å². The zero-order valence-corrected chi connectivity index (χ0v) is 13.9. The monoisotopic (exact) mass is 340 g/mol. The molecule has 0 aliphatic carbocycles. The van der Waals surface area contributed by atoms with Crippen molar-refractivity contribution < 1.29 is 13.9 Å². The highest BCUT2D eigenvalue weighted by Gasteiger charge is 2.19. The first-order valence-corrected chi connectivity index (χ1v) is 8.12. The van der Waals surface area contributed by atoms with E-state index in [9.17, 15) is 9.59 Å². The molecule has 6 heteroatoms. The molecule has 0 radical (unpaired) electrons. The lowest BCUT2D eigenvalue weighted by atomic mass is 10.2. The van der Waals surface area contributed by atoms with Gasteiger partial charge in [-0.1, -0.05) is 24.3 Å². The molecular weight excluding hydrogens is 320 g/mol. The van der Waals surface area contributed by atoms with Crippen LogP contribution in [-0.2, 0) is 17.8 Å². The van der Waals surface area contributed by atoms with Crippen molar-refractivity contribution in [1.82, 2.24) is 5.32 Å². The number of carbonyl (C=O) groups is 1. The van der Waals surface area contributed by atoms with Crippen LogP contribution in [0.3, 0.4) is 0 Å². The zero-order valence-electron chi connectivity index (χ0n) is 13.9. The summed E-state index contributed by atoms with van der Waals surface area (Å²) < 4.78 is 10.7. The Labute approximate surface area is 145 Å². The van der Waals surface area contributed by atoms with Gasteiger partial charge in [0.25, 0.3) is 5.91 Å². The molecule has 2 aromatic rings. The minimum Gasteiger partial charge on any atom is -0.477 e. The Morgan fingerprint density at radius 3 is 3.04 bits per heavy atom. The second-order valence-corrected chi connectivity index (χ2v) is 5.76. The van der Waals surface area contributed by atoms with Crippen molar-refractivity contribution in [3.63, 3.8) is 0 Å². The van der Waals surface area contributed by atoms with Gasteiger partial charge in [-0.15, -0.1) is 6.58 Å². The SMILES string of the molecule is C=CCNC(=O)COc1coc(CN2CCc3ccccc32)cc1=O. The van der Waals surface area contributed by atoms with Crippen LogP contribution in [0, 0.1) is 0 Å². The van der Waals surface area contributed by atoms with Crippen LogP contribution < -0.4 is 20.4 Å². The largest absolute Gasteiger partial charge is 0.477 e. The summed E-state index contributed by atoms with van der Waals surface area (Å²) in [4.78, 5) is 25.8. The third kappa shape index (κ3) is 4.09. The first-order valence-electron chi connectivity index (χ1n) is 8.12. The maximum atomic E-state index is 12.1. The van der Waals surface area contributed by atoms with Crippen molar-refractivity contribution in [2.45, 2.75) is 13.0 Å². The molecule has 0 fully saturated rings. The maximum absolute atomic E-state index is 12.1. The second-order valence-electron chi connectivity index (χ2n) is 5.76. The maximum Gasteiger partial charge on any atom is 0.258 e. The first kappa shape index (κ1) is 16.8. The highest BCUT2D eigenvalue weighted by atomic mass is 16.5. The number of ether oxygens (including phenoxy) is 1. The molecule has 1 aliphatic rings. The number of carbonyl (C=O) groups excluding carboxylic acids is 1. The third-order valence-electron chi connectivity index (χ3n) is 3.98. The van der Waals surface area contributed by atoms with Gasteiger partial charge < -0.3 is 19.4 Å². The molecule has 1 aliphatic heterocycles. The van der Waals surface area contributed by atoms with E-state index in [4.69, 9.17) is 9.15 Å². The van der Waals surface area contributed by atoms with Crippen molar-refractivity contribution >= 4 is 11.6 Å². The Hall–Kier alpha value is -3.02. The van der Waals surface area contributed by atoms with Crippen LogP contribution in [0.4, 0.5) is 5.69 Å². The van der Waals surface area contributed by atoms with E-state index in [0.29, 0.717) is 18.8 Å². The van der Waals surface area contributed by atoms with Gasteiger partial charge in [-0.25, -0.2) is 0 Å². The lowest BCUT2D eigenvalue weighted by Gasteiger charge is -2.18. The predicted molar refractivity (Wildman–Crippen MR) is 94.9 cm³/mol. The van der Waals surface area contributed by atoms with E-state index < -0.39 is 0 Å². The molecule has 1 amide bonds. The first-order chi connectivity index (χ1) is 12.2. The number of nitrogens with one attached hydrogen (secondary N) is 1. The van der Waals surface area contributed by atoms with Gasteiger partial charge in [0.05, 0.1) is 6.54 Å². The zero-order chi connectivity index (χ0) is 17.6. The van der Waals surface area contributed by atoms with E-state index >= 15 is 0 Å². The number of anilines is 1. The normalized spacial score (nSPS) is 12.6. The van der Waals surface area contributed by atoms with Gasteiger partial charge in [0, 0.05) is 24.8 Å². The molecule has 25 heavy (non-hydrogen) atoms. The molecule has 0 saturated heterocycles. The predicted octanol–water partition coefficient (Wildman–Crippen LogP) is 1.88. The van der Waals surface area contributed by atoms with Gasteiger partial charge in [-0.05, 0) is 18.1 Å². The Morgan fingerprint density at radius 2 is 2.24 bits per heavy atom. The fourth-order valence-electron chi connectivity index (χ4n) is 2.77. The van der Waals surface area contributed by atoms with Crippen LogP contribution >= 0.6 is 0 Å². The number of benzene rings is 1. The van der Waals surface area contributed by atoms with Crippen LogP contribution in [0.2, 0.25) is 0 Å². The van der Waals surface area contributed by atoms with Crippen LogP contribution in [0.1, 0.15) is 11.3 Å². The smallest absolute Gasteiger partial charge is 0.258 e. The van der Waals surface area contributed by atoms with Crippen LogP contribution in [0.25, 0.3) is 0 Å². The Morgan fingerprint density at radius 1 is 1.40 bits per heavy atom. The second kappa shape index (κ2) is 7.70. The molecule has 0 unspecified atom stereocenters. The molecule has 1 N–H and O–H groups in total. The summed E-state index contributed by atoms with van der Waals surface area (Å²) in [5, 5.41) is 2.57. The minimum absolute atomic E-state index is 0.0272. The van der Waals surface area contributed by atoms with Gasteiger partial charge in [0.1, 0.15) is 12.0 Å². The highest BCUT2D eigenvalue weighted by molar-refractivity contribution is 5.77. The quantitative estimate of drug-likeness (QED) is 0.779. The summed E-state index contributed by atoms with van der Waals surface area (Å²) in [5.41, 5.74) is 2.17. The number of nitrogens with zero attached hydrogens (tertiary/aromatic N) is 1. The number of hydrogen-bond donors (Lipinski definition) is 1. The summed E-state index contributed by atoms with van der Waals surface area (Å²) in [7, 11) is 0. The lowest BCUT2D eigenvalue weighted by molar-refractivity contribution is -0.122. The van der Waals surface area contributed by atoms with Crippen molar-refractivity contribution in [1.29, 1.82) is 0 Å². The molecular formula is C19H20N2O4. The molecule has 6 nitrogen and oxygen atoms in total. The fourth-order valence-corrected chi connectivity index (χ4v) is 2.77. The summed E-state index contributed by atoms with van der Waals surface area (Å²) in [6.07, 6.45) is 3.82. The summed E-state index contributed by atoms with van der Waals surface area (Å²) in [6, 6.07) is 9.62. The Kier molecular flexibility index (Phi) is 5.18. The molecule has 0 bridgehead atoms. The third-order valence-corrected chi connectivity index (χ3v) is 3.98. The lowest BCUT2D eigenvalue weighted by Crippen LogP contribution is -2.29. The summed E-state index contributed by atoms with van der Waals surface area (Å²) >= 11 is 0. The molecule has 130 valence electrons. The van der Waals surface area contributed by atoms with Crippen molar-refractivity contribution in [2.24, 2.45) is 0 Å². The minimum atomic E-state index is -0.322. The number of rotatable bonds is 7. The van der Waals surface area contributed by atoms with E-state index in [-0.39, 0.29) is 23.7 Å². The number of hydrogen-bond acceptors (Lipinski definition) is 5. The van der Waals surface area contributed by atoms with E-state index in [0.717, 1.165) is 13.0 Å². The average molecular weight is 340 g/mol. The summed E-state index contributed by atoms with van der Waals surface area (Å²) in [6.45, 7) is 5.04. The van der Waals surface area contributed by atoms with E-state index in [2.05, 4.69) is 28.9 Å². The van der Waals surface area contributed by atoms with Gasteiger partial charge >= 0.3 is 0 Å². The number of fused-ring (bicyclic) bond motifs is 1. The standard InChI is InChI=1S/C19H20N2O4/c1-2-8-20-19(23)13-25-18-12-24-15(10-17(18)22)11-21-9-7-14-5-3-4-6-16(14)21/h2-6,10,12H,1,7-9,11,13H2,(H,20,23). The van der Waals surface area contributed by atoms with Crippen molar-refractivity contribution in [2.75, 3.05) is 24.6 Å². The fraction of sp³-hybridized carbons (Fsp3) is 0.263.